The molecule has 4 nitrogen and oxygen atoms in total. The van der Waals surface area contributed by atoms with Gasteiger partial charge in [-0.15, -0.1) is 10.2 Å². The lowest BCUT2D eigenvalue weighted by atomic mass is 10.2. The molecule has 0 aromatic carbocycles. The number of ether oxygens (including phenoxy) is 1. The normalized spacial score (nSPS) is 23.2. The molecule has 1 aliphatic heterocycles. The van der Waals surface area contributed by atoms with Gasteiger partial charge in [-0.2, -0.15) is 0 Å². The smallest absolute Gasteiger partial charge is 0.146 e. The summed E-state index contributed by atoms with van der Waals surface area (Å²) in [5.41, 5.74) is 5.43. The number of hydrogen-bond acceptors (Lipinski definition) is 5. The third-order valence-corrected chi connectivity index (χ3v) is 2.90. The second-order valence-corrected chi connectivity index (χ2v) is 3.83. The van der Waals surface area contributed by atoms with Crippen LogP contribution in [0.15, 0.2) is 0 Å². The van der Waals surface area contributed by atoms with Crippen molar-refractivity contribution < 1.29 is 4.74 Å². The molecule has 2 N–H and O–H groups in total. The summed E-state index contributed by atoms with van der Waals surface area (Å²) in [6.07, 6.45) is 2.38. The Kier molecular flexibility index (Phi) is 2.34. The first-order chi connectivity index (χ1) is 5.90. The molecule has 1 saturated heterocycles. The Labute approximate surface area is 74.8 Å². The van der Waals surface area contributed by atoms with Crippen molar-refractivity contribution in [2.24, 2.45) is 5.73 Å². The first-order valence-corrected chi connectivity index (χ1v) is 4.86. The molecular formula is C7H11N3OS. The van der Waals surface area contributed by atoms with Crippen LogP contribution in [0.5, 0.6) is 0 Å². The lowest BCUT2D eigenvalue weighted by Gasteiger charge is -2.01. The van der Waals surface area contributed by atoms with Crippen molar-refractivity contribution in [3.63, 3.8) is 0 Å². The number of hydrogen-bond donors (Lipinski definition) is 1. The van der Waals surface area contributed by atoms with Crippen molar-refractivity contribution in [1.82, 2.24) is 10.2 Å². The van der Waals surface area contributed by atoms with Gasteiger partial charge < -0.3 is 10.5 Å². The third kappa shape index (κ3) is 1.48. The molecule has 0 bridgehead atoms. The molecule has 1 aliphatic rings. The van der Waals surface area contributed by atoms with Crippen LogP contribution in [-0.4, -0.2) is 16.8 Å². The maximum absolute atomic E-state index is 5.46. The van der Waals surface area contributed by atoms with Crippen LogP contribution in [0.25, 0.3) is 0 Å². The summed E-state index contributed by atoms with van der Waals surface area (Å²) < 4.78 is 5.46. The zero-order valence-corrected chi connectivity index (χ0v) is 7.51. The van der Waals surface area contributed by atoms with Gasteiger partial charge in [-0.3, -0.25) is 0 Å². The molecule has 0 radical (unpaired) electrons. The number of aromatic nitrogens is 2. The summed E-state index contributed by atoms with van der Waals surface area (Å²) in [7, 11) is 0. The van der Waals surface area contributed by atoms with Crippen LogP contribution in [0.3, 0.4) is 0 Å². The minimum atomic E-state index is 0.183. The molecule has 0 spiro atoms. The quantitative estimate of drug-likeness (QED) is 0.742. The van der Waals surface area contributed by atoms with Gasteiger partial charge in [-0.05, 0) is 12.8 Å². The standard InChI is InChI=1S/C7H11N3OS/c8-4-6-9-10-7(12-6)5-2-1-3-11-5/h5H,1-4,8H2. The maximum atomic E-state index is 5.46. The Hall–Kier alpha value is -0.520. The molecule has 1 aromatic heterocycles. The van der Waals surface area contributed by atoms with Crippen LogP contribution in [-0.2, 0) is 11.3 Å². The molecule has 0 aliphatic carbocycles. The highest BCUT2D eigenvalue weighted by Crippen LogP contribution is 2.30. The van der Waals surface area contributed by atoms with E-state index in [0.29, 0.717) is 6.54 Å². The predicted octanol–water partition coefficient (Wildman–Crippen LogP) is 0.848. The predicted molar refractivity (Wildman–Crippen MR) is 45.7 cm³/mol. The second-order valence-electron chi connectivity index (χ2n) is 2.74. The Morgan fingerprint density at radius 3 is 3.08 bits per heavy atom. The van der Waals surface area contributed by atoms with Gasteiger partial charge in [0.1, 0.15) is 16.1 Å². The first-order valence-electron chi connectivity index (χ1n) is 4.04. The number of nitrogens with two attached hydrogens (primary N) is 1. The summed E-state index contributed by atoms with van der Waals surface area (Å²) >= 11 is 1.56. The van der Waals surface area contributed by atoms with E-state index in [9.17, 15) is 0 Å². The van der Waals surface area contributed by atoms with Crippen molar-refractivity contribution in [2.45, 2.75) is 25.5 Å². The van der Waals surface area contributed by atoms with Gasteiger partial charge in [0, 0.05) is 13.2 Å². The summed E-state index contributed by atoms with van der Waals surface area (Å²) in [6.45, 7) is 1.33. The van der Waals surface area contributed by atoms with E-state index < -0.39 is 0 Å². The molecule has 5 heteroatoms. The monoisotopic (exact) mass is 185 g/mol. The largest absolute Gasteiger partial charge is 0.371 e. The first kappa shape index (κ1) is 8.10. The maximum Gasteiger partial charge on any atom is 0.146 e. The van der Waals surface area contributed by atoms with E-state index in [1.807, 2.05) is 0 Å². The minimum Gasteiger partial charge on any atom is -0.371 e. The fourth-order valence-corrected chi connectivity index (χ4v) is 2.06. The molecule has 1 aromatic rings. The van der Waals surface area contributed by atoms with E-state index in [1.54, 1.807) is 11.3 Å². The van der Waals surface area contributed by atoms with Crippen LogP contribution in [0.1, 0.15) is 29.0 Å². The Balaban J connectivity index is 2.11. The van der Waals surface area contributed by atoms with Gasteiger partial charge in [0.05, 0.1) is 0 Å². The highest BCUT2D eigenvalue weighted by molar-refractivity contribution is 7.11. The van der Waals surface area contributed by atoms with Gasteiger partial charge in [0.15, 0.2) is 0 Å². The number of nitrogens with zero attached hydrogens (tertiary/aromatic N) is 2. The van der Waals surface area contributed by atoms with Crippen LogP contribution in [0.2, 0.25) is 0 Å². The molecule has 2 rings (SSSR count). The molecule has 12 heavy (non-hydrogen) atoms. The van der Waals surface area contributed by atoms with Crippen molar-refractivity contribution in [1.29, 1.82) is 0 Å². The van der Waals surface area contributed by atoms with Gasteiger partial charge >= 0.3 is 0 Å². The number of rotatable bonds is 2. The van der Waals surface area contributed by atoms with E-state index in [4.69, 9.17) is 10.5 Å². The van der Waals surface area contributed by atoms with Crippen molar-refractivity contribution >= 4 is 11.3 Å². The van der Waals surface area contributed by atoms with Crippen LogP contribution >= 0.6 is 11.3 Å². The third-order valence-electron chi connectivity index (χ3n) is 1.86. The zero-order chi connectivity index (χ0) is 8.39. The molecular weight excluding hydrogens is 174 g/mol. The average Bonchev–Trinajstić information content (AvgIpc) is 2.75. The van der Waals surface area contributed by atoms with Crippen LogP contribution in [0, 0.1) is 0 Å². The molecule has 2 heterocycles. The Morgan fingerprint density at radius 2 is 2.50 bits per heavy atom. The molecule has 1 atom stereocenters. The summed E-state index contributed by atoms with van der Waals surface area (Å²) in [5.74, 6) is 0. The average molecular weight is 185 g/mol. The second kappa shape index (κ2) is 3.47. The van der Waals surface area contributed by atoms with E-state index in [2.05, 4.69) is 10.2 Å². The van der Waals surface area contributed by atoms with Crippen LogP contribution in [0.4, 0.5) is 0 Å². The molecule has 66 valence electrons. The van der Waals surface area contributed by atoms with Crippen molar-refractivity contribution in [3.8, 4) is 0 Å². The molecule has 0 amide bonds. The van der Waals surface area contributed by atoms with Crippen LogP contribution < -0.4 is 5.73 Å². The minimum absolute atomic E-state index is 0.183. The fraction of sp³-hybridized carbons (Fsp3) is 0.714. The molecule has 1 unspecified atom stereocenters. The summed E-state index contributed by atoms with van der Waals surface area (Å²) in [5, 5.41) is 9.84. The van der Waals surface area contributed by atoms with Gasteiger partial charge in [0.2, 0.25) is 0 Å². The SMILES string of the molecule is NCc1nnc(C2CCCO2)s1. The molecule has 1 fully saturated rings. The molecule has 0 saturated carbocycles. The lowest BCUT2D eigenvalue weighted by Crippen LogP contribution is -1.94. The van der Waals surface area contributed by atoms with Gasteiger partial charge in [-0.1, -0.05) is 11.3 Å². The van der Waals surface area contributed by atoms with E-state index in [1.165, 1.54) is 0 Å². The van der Waals surface area contributed by atoms with Gasteiger partial charge in [0.25, 0.3) is 0 Å². The van der Waals surface area contributed by atoms with E-state index in [0.717, 1.165) is 29.5 Å². The van der Waals surface area contributed by atoms with Crippen molar-refractivity contribution in [3.05, 3.63) is 10.0 Å². The van der Waals surface area contributed by atoms with E-state index >= 15 is 0 Å². The van der Waals surface area contributed by atoms with Gasteiger partial charge in [-0.25, -0.2) is 0 Å². The topological polar surface area (TPSA) is 61.0 Å². The Bertz CT molecular complexity index is 257. The summed E-state index contributed by atoms with van der Waals surface area (Å²) in [4.78, 5) is 0. The van der Waals surface area contributed by atoms with Crippen molar-refractivity contribution in [2.75, 3.05) is 6.61 Å². The van der Waals surface area contributed by atoms with E-state index in [-0.39, 0.29) is 6.10 Å². The highest BCUT2D eigenvalue weighted by Gasteiger charge is 2.21. The Morgan fingerprint density at radius 1 is 1.58 bits per heavy atom. The fourth-order valence-electron chi connectivity index (χ4n) is 1.25. The summed E-state index contributed by atoms with van der Waals surface area (Å²) in [6, 6.07) is 0. The lowest BCUT2D eigenvalue weighted by molar-refractivity contribution is 0.111. The zero-order valence-electron chi connectivity index (χ0n) is 6.69. The highest BCUT2D eigenvalue weighted by atomic mass is 32.1.